The summed E-state index contributed by atoms with van der Waals surface area (Å²) in [5, 5.41) is 9.36. The molecular formula is C17H13NO3S. The topological polar surface area (TPSA) is 70.2 Å². The van der Waals surface area contributed by atoms with Crippen LogP contribution in [0.1, 0.15) is 15.9 Å². The predicted octanol–water partition coefficient (Wildman–Crippen LogP) is 3.52. The summed E-state index contributed by atoms with van der Waals surface area (Å²) in [6.45, 7) is 0. The second-order valence-electron chi connectivity index (χ2n) is 4.82. The third-order valence-corrected chi connectivity index (χ3v) is 4.40. The van der Waals surface area contributed by atoms with E-state index in [-0.39, 0.29) is 5.56 Å². The van der Waals surface area contributed by atoms with Gasteiger partial charge in [-0.05, 0) is 23.8 Å². The first kappa shape index (κ1) is 14.4. The van der Waals surface area contributed by atoms with Crippen molar-refractivity contribution in [2.45, 2.75) is 10.6 Å². The molecular weight excluding hydrogens is 298 g/mol. The number of aromatic nitrogens is 1. The highest BCUT2D eigenvalue weighted by atomic mass is 32.2. The van der Waals surface area contributed by atoms with E-state index >= 15 is 0 Å². The summed E-state index contributed by atoms with van der Waals surface area (Å²) in [5.41, 5.74) is 1.17. The summed E-state index contributed by atoms with van der Waals surface area (Å²) < 4.78 is 0. The van der Waals surface area contributed by atoms with E-state index in [2.05, 4.69) is 17.1 Å². The van der Waals surface area contributed by atoms with Gasteiger partial charge in [-0.2, -0.15) is 0 Å². The van der Waals surface area contributed by atoms with Crippen molar-refractivity contribution in [2.75, 3.05) is 0 Å². The number of carboxylic acid groups (broad SMARTS) is 1. The fourth-order valence-corrected chi connectivity index (χ4v) is 3.08. The lowest BCUT2D eigenvalue weighted by Crippen LogP contribution is -2.15. The lowest BCUT2D eigenvalue weighted by Gasteiger charge is -2.05. The Morgan fingerprint density at radius 2 is 1.91 bits per heavy atom. The number of carboxylic acids is 1. The molecule has 1 aromatic heterocycles. The number of pyridine rings is 1. The summed E-state index contributed by atoms with van der Waals surface area (Å²) in [7, 11) is 0. The minimum absolute atomic E-state index is 0.239. The number of hydrogen-bond donors (Lipinski definition) is 2. The van der Waals surface area contributed by atoms with Gasteiger partial charge in [-0.25, -0.2) is 4.79 Å². The zero-order chi connectivity index (χ0) is 15.5. The van der Waals surface area contributed by atoms with Gasteiger partial charge < -0.3 is 10.1 Å². The molecule has 0 spiro atoms. The van der Waals surface area contributed by atoms with Crippen molar-refractivity contribution in [1.29, 1.82) is 0 Å². The quantitative estimate of drug-likeness (QED) is 0.723. The van der Waals surface area contributed by atoms with E-state index in [4.69, 9.17) is 5.11 Å². The highest BCUT2D eigenvalue weighted by molar-refractivity contribution is 7.98. The molecule has 5 heteroatoms. The van der Waals surface area contributed by atoms with E-state index in [1.54, 1.807) is 17.8 Å². The number of nitrogens with one attached hydrogen (secondary N) is 1. The number of fused-ring (bicyclic) bond motifs is 1. The summed E-state index contributed by atoms with van der Waals surface area (Å²) in [4.78, 5) is 26.9. The van der Waals surface area contributed by atoms with Crippen molar-refractivity contribution < 1.29 is 9.90 Å². The lowest BCUT2D eigenvalue weighted by atomic mass is 10.1. The molecule has 0 fully saturated rings. The molecule has 0 amide bonds. The molecule has 2 aromatic carbocycles. The van der Waals surface area contributed by atoms with Gasteiger partial charge in [-0.1, -0.05) is 30.3 Å². The maximum Gasteiger partial charge on any atom is 0.341 e. The second kappa shape index (κ2) is 6.07. The van der Waals surface area contributed by atoms with Crippen LogP contribution >= 0.6 is 11.8 Å². The molecule has 0 aliphatic rings. The van der Waals surface area contributed by atoms with Crippen molar-refractivity contribution in [3.8, 4) is 0 Å². The molecule has 0 bridgehead atoms. The summed E-state index contributed by atoms with van der Waals surface area (Å²) in [5.74, 6) is -0.380. The van der Waals surface area contributed by atoms with Gasteiger partial charge >= 0.3 is 5.97 Å². The van der Waals surface area contributed by atoms with Crippen LogP contribution in [-0.4, -0.2) is 16.1 Å². The van der Waals surface area contributed by atoms with Crippen LogP contribution in [0, 0.1) is 0 Å². The predicted molar refractivity (Wildman–Crippen MR) is 87.5 cm³/mol. The number of aromatic amines is 1. The first-order valence-electron chi connectivity index (χ1n) is 6.70. The number of thioether (sulfide) groups is 1. The van der Waals surface area contributed by atoms with Crippen LogP contribution in [0.3, 0.4) is 0 Å². The van der Waals surface area contributed by atoms with Crippen molar-refractivity contribution >= 4 is 28.6 Å². The molecule has 22 heavy (non-hydrogen) atoms. The first-order valence-corrected chi connectivity index (χ1v) is 7.69. The normalized spacial score (nSPS) is 10.7. The number of carbonyl (C=O) groups is 1. The van der Waals surface area contributed by atoms with Crippen molar-refractivity contribution in [3.05, 3.63) is 76.1 Å². The van der Waals surface area contributed by atoms with Crippen LogP contribution in [0.15, 0.2) is 64.4 Å². The van der Waals surface area contributed by atoms with E-state index in [9.17, 15) is 9.59 Å². The van der Waals surface area contributed by atoms with Crippen LogP contribution in [-0.2, 0) is 5.75 Å². The summed E-state index contributed by atoms with van der Waals surface area (Å²) in [6, 6.07) is 15.5. The van der Waals surface area contributed by atoms with Crippen LogP contribution in [0.4, 0.5) is 0 Å². The van der Waals surface area contributed by atoms with Gasteiger partial charge in [0.05, 0.1) is 5.52 Å². The van der Waals surface area contributed by atoms with E-state index in [1.165, 1.54) is 11.8 Å². The van der Waals surface area contributed by atoms with Crippen LogP contribution < -0.4 is 5.43 Å². The third kappa shape index (κ3) is 2.89. The Balaban J connectivity index is 1.89. The molecule has 0 aliphatic heterocycles. The molecule has 0 saturated carbocycles. The smallest absolute Gasteiger partial charge is 0.341 e. The van der Waals surface area contributed by atoms with E-state index in [0.717, 1.165) is 10.6 Å². The maximum absolute atomic E-state index is 12.1. The SMILES string of the molecule is O=C(O)c1c[nH]c2cc(SCc3ccccc3)ccc2c1=O. The fraction of sp³-hybridized carbons (Fsp3) is 0.0588. The monoisotopic (exact) mass is 311 g/mol. The molecule has 2 N–H and O–H groups in total. The van der Waals surface area contributed by atoms with Gasteiger partial charge in [-0.15, -0.1) is 11.8 Å². The molecule has 110 valence electrons. The maximum atomic E-state index is 12.1. The standard InChI is InChI=1S/C17H13NO3S/c19-16-13-7-6-12(22-10-11-4-2-1-3-5-11)8-15(13)18-9-14(16)17(20)21/h1-9H,10H2,(H,18,19)(H,20,21). The number of hydrogen-bond acceptors (Lipinski definition) is 3. The first-order chi connectivity index (χ1) is 10.6. The van der Waals surface area contributed by atoms with Gasteiger partial charge in [0, 0.05) is 22.2 Å². The van der Waals surface area contributed by atoms with Gasteiger partial charge in [-0.3, -0.25) is 4.79 Å². The summed E-state index contributed by atoms with van der Waals surface area (Å²) >= 11 is 1.67. The van der Waals surface area contributed by atoms with E-state index < -0.39 is 11.4 Å². The summed E-state index contributed by atoms with van der Waals surface area (Å²) in [6.07, 6.45) is 1.25. The van der Waals surface area contributed by atoms with Crippen molar-refractivity contribution in [3.63, 3.8) is 0 Å². The van der Waals surface area contributed by atoms with Crippen molar-refractivity contribution in [2.24, 2.45) is 0 Å². The van der Waals surface area contributed by atoms with Gasteiger partial charge in [0.15, 0.2) is 0 Å². The number of benzene rings is 2. The molecule has 3 rings (SSSR count). The Bertz CT molecular complexity index is 887. The van der Waals surface area contributed by atoms with Gasteiger partial charge in [0.2, 0.25) is 5.43 Å². The van der Waals surface area contributed by atoms with Crippen LogP contribution in [0.25, 0.3) is 10.9 Å². The highest BCUT2D eigenvalue weighted by Gasteiger charge is 2.11. The number of rotatable bonds is 4. The molecule has 4 nitrogen and oxygen atoms in total. The molecule has 0 aliphatic carbocycles. The average Bonchev–Trinajstić information content (AvgIpc) is 2.54. The zero-order valence-corrected chi connectivity index (χ0v) is 12.4. The molecule has 0 unspecified atom stereocenters. The van der Waals surface area contributed by atoms with Gasteiger partial charge in [0.25, 0.3) is 0 Å². The van der Waals surface area contributed by atoms with E-state index in [1.807, 2.05) is 30.3 Å². The van der Waals surface area contributed by atoms with Crippen LogP contribution in [0.5, 0.6) is 0 Å². The molecule has 0 radical (unpaired) electrons. The zero-order valence-electron chi connectivity index (χ0n) is 11.6. The second-order valence-corrected chi connectivity index (χ2v) is 5.87. The third-order valence-electron chi connectivity index (χ3n) is 3.33. The molecule has 3 aromatic rings. The Hall–Kier alpha value is -2.53. The highest BCUT2D eigenvalue weighted by Crippen LogP contribution is 2.25. The van der Waals surface area contributed by atoms with E-state index in [0.29, 0.717) is 10.9 Å². The lowest BCUT2D eigenvalue weighted by molar-refractivity contribution is 0.0695. The Morgan fingerprint density at radius 3 is 2.64 bits per heavy atom. The molecule has 0 atom stereocenters. The van der Waals surface area contributed by atoms with Crippen LogP contribution in [0.2, 0.25) is 0 Å². The Kier molecular flexibility index (Phi) is 3.98. The Morgan fingerprint density at radius 1 is 1.14 bits per heavy atom. The minimum Gasteiger partial charge on any atom is -0.477 e. The van der Waals surface area contributed by atoms with Crippen molar-refractivity contribution in [1.82, 2.24) is 4.98 Å². The number of H-pyrrole nitrogens is 1. The molecule has 1 heterocycles. The number of aromatic carboxylic acids is 1. The molecule has 0 saturated heterocycles. The average molecular weight is 311 g/mol. The largest absolute Gasteiger partial charge is 0.477 e. The minimum atomic E-state index is -1.22. The fourth-order valence-electron chi connectivity index (χ4n) is 2.19. The van der Waals surface area contributed by atoms with Gasteiger partial charge in [0.1, 0.15) is 5.56 Å². The Labute approximate surface area is 130 Å².